The summed E-state index contributed by atoms with van der Waals surface area (Å²) >= 11 is 1.23. The van der Waals surface area contributed by atoms with Gasteiger partial charge in [0.05, 0.1) is 49.8 Å². The van der Waals surface area contributed by atoms with Crippen LogP contribution in [0.15, 0.2) is 87.8 Å². The van der Waals surface area contributed by atoms with Gasteiger partial charge in [-0.1, -0.05) is 47.7 Å². The molecule has 1 aliphatic rings. The fourth-order valence-electron chi connectivity index (χ4n) is 5.04. The number of hydrogen-bond donors (Lipinski definition) is 0. The highest BCUT2D eigenvalue weighted by Gasteiger charge is 2.34. The molecule has 1 aromatic heterocycles. The fourth-order valence-corrected chi connectivity index (χ4v) is 6.08. The number of carbonyl (C=O) groups is 1. The molecule has 0 amide bonds. The van der Waals surface area contributed by atoms with Crippen molar-refractivity contribution in [2.45, 2.75) is 19.9 Å². The van der Waals surface area contributed by atoms with Gasteiger partial charge in [0.1, 0.15) is 19.0 Å². The molecule has 0 N–H and O–H groups in total. The Morgan fingerprint density at radius 1 is 0.867 bits per heavy atom. The smallest absolute Gasteiger partial charge is 0.338 e. The van der Waals surface area contributed by atoms with Gasteiger partial charge >= 0.3 is 5.97 Å². The second-order valence-corrected chi connectivity index (χ2v) is 10.8. The van der Waals surface area contributed by atoms with Gasteiger partial charge in [0.25, 0.3) is 5.56 Å². The average molecular weight is 631 g/mol. The molecular weight excluding hydrogens is 596 g/mol. The Labute approximate surface area is 264 Å². The molecule has 0 saturated heterocycles. The van der Waals surface area contributed by atoms with Crippen molar-refractivity contribution in [1.29, 1.82) is 0 Å². The molecule has 0 bridgehead atoms. The third kappa shape index (κ3) is 6.58. The number of aromatic nitrogens is 1. The molecule has 4 aromatic rings. The van der Waals surface area contributed by atoms with Crippen molar-refractivity contribution in [2.24, 2.45) is 4.99 Å². The van der Waals surface area contributed by atoms with Crippen molar-refractivity contribution >= 4 is 23.4 Å². The quantitative estimate of drug-likeness (QED) is 0.169. The number of methoxy groups -OCH3 is 3. The predicted octanol–water partition coefficient (Wildman–Crippen LogP) is 4.28. The summed E-state index contributed by atoms with van der Waals surface area (Å²) in [5, 5.41) is 0. The number of hydrogen-bond acceptors (Lipinski definition) is 10. The lowest BCUT2D eigenvalue weighted by molar-refractivity contribution is -0.139. The highest BCUT2D eigenvalue weighted by atomic mass is 32.1. The normalized spacial score (nSPS) is 14.3. The Hall–Kier alpha value is -5.03. The molecule has 0 fully saturated rings. The molecular formula is C34H34N2O8S. The summed E-state index contributed by atoms with van der Waals surface area (Å²) < 4.78 is 35.5. The summed E-state index contributed by atoms with van der Waals surface area (Å²) in [7, 11) is 4.67. The molecule has 0 saturated carbocycles. The van der Waals surface area contributed by atoms with E-state index < -0.39 is 12.0 Å². The fraction of sp³-hybridized carbons (Fsp3) is 0.265. The summed E-state index contributed by atoms with van der Waals surface area (Å²) in [5.41, 5.74) is 1.81. The molecule has 0 aliphatic carbocycles. The van der Waals surface area contributed by atoms with Crippen LogP contribution in [0.2, 0.25) is 0 Å². The van der Waals surface area contributed by atoms with Crippen LogP contribution in [-0.2, 0) is 9.53 Å². The van der Waals surface area contributed by atoms with Crippen LogP contribution in [-0.4, -0.2) is 51.7 Å². The van der Waals surface area contributed by atoms with E-state index in [-0.39, 0.29) is 31.0 Å². The molecule has 10 nitrogen and oxygen atoms in total. The molecule has 1 unspecified atom stereocenters. The number of fused-ring (bicyclic) bond motifs is 1. The first kappa shape index (κ1) is 31.4. The molecule has 3 aromatic carbocycles. The minimum absolute atomic E-state index is 0.180. The van der Waals surface area contributed by atoms with Crippen molar-refractivity contribution in [3.05, 3.63) is 109 Å². The molecule has 2 heterocycles. The molecule has 234 valence electrons. The average Bonchev–Trinajstić information content (AvgIpc) is 3.36. The van der Waals surface area contributed by atoms with E-state index >= 15 is 0 Å². The summed E-state index contributed by atoms with van der Waals surface area (Å²) in [5.74, 6) is 2.31. The Morgan fingerprint density at radius 2 is 1.49 bits per heavy atom. The third-order valence-corrected chi connectivity index (χ3v) is 8.10. The zero-order valence-electron chi connectivity index (χ0n) is 25.7. The number of benzene rings is 3. The van der Waals surface area contributed by atoms with E-state index in [2.05, 4.69) is 4.99 Å². The lowest BCUT2D eigenvalue weighted by atomic mass is 9.95. The number of esters is 1. The SMILES string of the molecule is CCOC(=O)C1=C(C)N=c2sc(=Cc3ccccc3OCCOc3ccccc3OC)c(=O)n2C1c1ccc(OC)c(OC)c1. The maximum Gasteiger partial charge on any atom is 0.338 e. The molecule has 5 rings (SSSR count). The van der Waals surface area contributed by atoms with E-state index in [0.29, 0.717) is 54.9 Å². The maximum atomic E-state index is 14.1. The lowest BCUT2D eigenvalue weighted by Crippen LogP contribution is -2.40. The van der Waals surface area contributed by atoms with E-state index in [9.17, 15) is 9.59 Å². The summed E-state index contributed by atoms with van der Waals surface area (Å²) in [6.07, 6.45) is 1.77. The van der Waals surface area contributed by atoms with Gasteiger partial charge in [-0.25, -0.2) is 9.79 Å². The van der Waals surface area contributed by atoms with Crippen molar-refractivity contribution in [3.63, 3.8) is 0 Å². The first-order chi connectivity index (χ1) is 21.9. The first-order valence-electron chi connectivity index (χ1n) is 14.3. The van der Waals surface area contributed by atoms with Gasteiger partial charge in [-0.3, -0.25) is 9.36 Å². The zero-order valence-corrected chi connectivity index (χ0v) is 26.5. The third-order valence-electron chi connectivity index (χ3n) is 7.11. The maximum absolute atomic E-state index is 14.1. The lowest BCUT2D eigenvalue weighted by Gasteiger charge is -2.25. The second kappa shape index (κ2) is 14.2. The second-order valence-electron chi connectivity index (χ2n) is 9.80. The van der Waals surface area contributed by atoms with Gasteiger partial charge < -0.3 is 28.4 Å². The number of nitrogens with zero attached hydrogens (tertiary/aromatic N) is 2. The summed E-state index contributed by atoms with van der Waals surface area (Å²) in [4.78, 5) is 32.4. The Balaban J connectivity index is 1.51. The van der Waals surface area contributed by atoms with E-state index in [1.54, 1.807) is 52.3 Å². The Morgan fingerprint density at radius 3 is 2.18 bits per heavy atom. The Kier molecular flexibility index (Phi) is 9.89. The summed E-state index contributed by atoms with van der Waals surface area (Å²) in [6.45, 7) is 4.22. The van der Waals surface area contributed by atoms with Crippen molar-refractivity contribution < 1.29 is 33.2 Å². The minimum atomic E-state index is -0.791. The van der Waals surface area contributed by atoms with E-state index in [1.165, 1.54) is 23.0 Å². The van der Waals surface area contributed by atoms with Gasteiger partial charge in [0, 0.05) is 5.56 Å². The number of ether oxygens (including phenoxy) is 6. The van der Waals surface area contributed by atoms with Gasteiger partial charge in [-0.15, -0.1) is 0 Å². The van der Waals surface area contributed by atoms with Crippen LogP contribution in [0.5, 0.6) is 28.7 Å². The molecule has 1 atom stereocenters. The van der Waals surface area contributed by atoms with Gasteiger partial charge in [0.2, 0.25) is 0 Å². The van der Waals surface area contributed by atoms with Gasteiger partial charge in [0.15, 0.2) is 27.8 Å². The van der Waals surface area contributed by atoms with E-state index in [4.69, 9.17) is 28.4 Å². The van der Waals surface area contributed by atoms with Crippen molar-refractivity contribution in [2.75, 3.05) is 41.2 Å². The minimum Gasteiger partial charge on any atom is -0.493 e. The number of thiazole rings is 1. The van der Waals surface area contributed by atoms with Crippen molar-refractivity contribution in [3.8, 4) is 28.7 Å². The zero-order chi connectivity index (χ0) is 31.9. The monoisotopic (exact) mass is 630 g/mol. The summed E-state index contributed by atoms with van der Waals surface area (Å²) in [6, 6.07) is 19.4. The number of rotatable bonds is 12. The van der Waals surface area contributed by atoms with E-state index in [1.807, 2.05) is 48.5 Å². The number of allylic oxidation sites excluding steroid dienone is 1. The van der Waals surface area contributed by atoms with Gasteiger partial charge in [-0.2, -0.15) is 0 Å². The highest BCUT2D eigenvalue weighted by Crippen LogP contribution is 2.36. The first-order valence-corrected chi connectivity index (χ1v) is 15.1. The topological polar surface area (TPSA) is 107 Å². The van der Waals surface area contributed by atoms with Crippen LogP contribution in [0.3, 0.4) is 0 Å². The van der Waals surface area contributed by atoms with Crippen molar-refractivity contribution in [1.82, 2.24) is 4.57 Å². The molecule has 11 heteroatoms. The Bertz CT molecular complexity index is 1910. The van der Waals surface area contributed by atoms with Crippen LogP contribution in [0, 0.1) is 0 Å². The van der Waals surface area contributed by atoms with Gasteiger partial charge in [-0.05, 0) is 55.8 Å². The molecule has 45 heavy (non-hydrogen) atoms. The molecule has 0 spiro atoms. The number of para-hydroxylation sites is 3. The van der Waals surface area contributed by atoms with Crippen LogP contribution in [0.1, 0.15) is 31.0 Å². The molecule has 1 aliphatic heterocycles. The molecule has 0 radical (unpaired) electrons. The van der Waals surface area contributed by atoms with Crippen LogP contribution < -0.4 is 38.6 Å². The predicted molar refractivity (Wildman–Crippen MR) is 170 cm³/mol. The highest BCUT2D eigenvalue weighted by molar-refractivity contribution is 7.07. The number of carbonyl (C=O) groups excluding carboxylic acids is 1. The standard InChI is InChI=1S/C34H34N2O8S/c1-6-42-33(38)30-21(2)35-34-36(31(30)23-15-16-26(40-4)28(19-23)41-5)32(37)29(45-34)20-22-11-7-8-12-24(22)43-17-18-44-27-14-10-9-13-25(27)39-3/h7-16,19-20,31H,6,17-18H2,1-5H3. The van der Waals surface area contributed by atoms with Crippen LogP contribution in [0.4, 0.5) is 0 Å². The van der Waals surface area contributed by atoms with Crippen LogP contribution in [0.25, 0.3) is 6.08 Å². The van der Waals surface area contributed by atoms with Crippen LogP contribution >= 0.6 is 11.3 Å². The largest absolute Gasteiger partial charge is 0.493 e. The van der Waals surface area contributed by atoms with E-state index in [0.717, 1.165) is 0 Å².